The van der Waals surface area contributed by atoms with Crippen LogP contribution >= 0.6 is 0 Å². The van der Waals surface area contributed by atoms with Crippen molar-refractivity contribution >= 4 is 17.6 Å². The van der Waals surface area contributed by atoms with Crippen LogP contribution in [-0.4, -0.2) is 57.8 Å². The molecule has 26 heavy (non-hydrogen) atoms. The van der Waals surface area contributed by atoms with E-state index in [9.17, 15) is 9.59 Å². The fraction of sp³-hybridized carbons (Fsp3) is 0.650. The molecule has 1 N–H and O–H groups in total. The number of hydrogen-bond acceptors (Lipinski definition) is 4. The average molecular weight is 356 g/mol. The highest BCUT2D eigenvalue weighted by Crippen LogP contribution is 2.37. The van der Waals surface area contributed by atoms with Gasteiger partial charge in [0.05, 0.1) is 11.1 Å². The second-order valence-corrected chi connectivity index (χ2v) is 8.03. The zero-order valence-corrected chi connectivity index (χ0v) is 15.5. The Bertz CT molecular complexity index is 678. The lowest BCUT2D eigenvalue weighted by molar-refractivity contribution is -0.141. The molecule has 2 heterocycles. The van der Waals surface area contributed by atoms with Gasteiger partial charge in [0.15, 0.2) is 0 Å². The van der Waals surface area contributed by atoms with Crippen LogP contribution in [0.25, 0.3) is 0 Å². The Kier molecular flexibility index (Phi) is 4.59. The molecular weight excluding hydrogens is 328 g/mol. The van der Waals surface area contributed by atoms with Gasteiger partial charge in [-0.1, -0.05) is 19.3 Å². The number of rotatable bonds is 3. The van der Waals surface area contributed by atoms with Crippen LogP contribution in [0.1, 0.15) is 62.2 Å². The summed E-state index contributed by atoms with van der Waals surface area (Å²) >= 11 is 0. The van der Waals surface area contributed by atoms with E-state index in [4.69, 9.17) is 0 Å². The van der Waals surface area contributed by atoms with Crippen LogP contribution in [0.5, 0.6) is 0 Å². The molecule has 2 aliphatic carbocycles. The van der Waals surface area contributed by atoms with Gasteiger partial charge in [-0.2, -0.15) is 0 Å². The van der Waals surface area contributed by atoms with Crippen molar-refractivity contribution in [2.75, 3.05) is 25.0 Å². The Morgan fingerprint density at radius 3 is 2.54 bits per heavy atom. The number of anilines is 1. The van der Waals surface area contributed by atoms with Gasteiger partial charge < -0.3 is 15.1 Å². The number of nitrogens with one attached hydrogen (secondary N) is 1. The van der Waals surface area contributed by atoms with Gasteiger partial charge in [0.2, 0.25) is 5.91 Å². The molecule has 0 aromatic carbocycles. The van der Waals surface area contributed by atoms with Crippen molar-refractivity contribution in [3.8, 4) is 0 Å². The first-order chi connectivity index (χ1) is 12.6. The van der Waals surface area contributed by atoms with E-state index in [0.717, 1.165) is 31.5 Å². The Morgan fingerprint density at radius 1 is 1.15 bits per heavy atom. The standard InChI is InChI=1S/C20H28N4O2/c1-15(25)24-12-11-23(14-20(24)9-3-2-4-10-20)19(26)16-5-8-18(21-13-16)22-17-6-7-17/h5,8,13,17H,2-4,6-7,9-12,14H2,1H3,(H,21,22). The van der Waals surface area contributed by atoms with E-state index in [0.29, 0.717) is 31.2 Å². The molecule has 2 amide bonds. The number of pyridine rings is 1. The molecule has 0 radical (unpaired) electrons. The van der Waals surface area contributed by atoms with Crippen molar-refractivity contribution in [1.29, 1.82) is 0 Å². The summed E-state index contributed by atoms with van der Waals surface area (Å²) in [5, 5.41) is 3.35. The van der Waals surface area contributed by atoms with Crippen LogP contribution in [0.3, 0.4) is 0 Å². The Labute approximate surface area is 155 Å². The molecule has 6 heteroatoms. The monoisotopic (exact) mass is 356 g/mol. The second-order valence-electron chi connectivity index (χ2n) is 8.03. The lowest BCUT2D eigenvalue weighted by Crippen LogP contribution is -2.65. The highest BCUT2D eigenvalue weighted by atomic mass is 16.2. The zero-order chi connectivity index (χ0) is 18.1. The predicted octanol–water partition coefficient (Wildman–Crippen LogP) is 2.66. The van der Waals surface area contributed by atoms with Gasteiger partial charge in [-0.3, -0.25) is 9.59 Å². The van der Waals surface area contributed by atoms with Gasteiger partial charge in [-0.05, 0) is 37.8 Å². The molecule has 1 aromatic rings. The Balaban J connectivity index is 1.48. The van der Waals surface area contributed by atoms with Gasteiger partial charge >= 0.3 is 0 Å². The number of amides is 2. The molecule has 6 nitrogen and oxygen atoms in total. The molecule has 140 valence electrons. The van der Waals surface area contributed by atoms with Crippen molar-refractivity contribution < 1.29 is 9.59 Å². The third-order valence-corrected chi connectivity index (χ3v) is 6.04. The first-order valence-electron chi connectivity index (χ1n) is 9.87. The molecule has 3 fully saturated rings. The van der Waals surface area contributed by atoms with E-state index in [1.165, 1.54) is 19.3 Å². The van der Waals surface area contributed by atoms with Crippen LogP contribution < -0.4 is 5.32 Å². The normalized spacial score (nSPS) is 22.3. The number of aromatic nitrogens is 1. The van der Waals surface area contributed by atoms with Gasteiger partial charge in [0, 0.05) is 38.8 Å². The summed E-state index contributed by atoms with van der Waals surface area (Å²) in [6, 6.07) is 4.31. The lowest BCUT2D eigenvalue weighted by atomic mass is 9.78. The summed E-state index contributed by atoms with van der Waals surface area (Å²) in [7, 11) is 0. The second kappa shape index (κ2) is 6.89. The SMILES string of the molecule is CC(=O)N1CCN(C(=O)c2ccc(NC3CC3)nc2)CC12CCCCC2. The molecule has 2 saturated carbocycles. The first-order valence-corrected chi connectivity index (χ1v) is 9.87. The molecule has 0 atom stereocenters. The first kappa shape index (κ1) is 17.3. The number of hydrogen-bond donors (Lipinski definition) is 1. The number of piperazine rings is 1. The maximum absolute atomic E-state index is 13.0. The zero-order valence-electron chi connectivity index (χ0n) is 15.5. The largest absolute Gasteiger partial charge is 0.367 e. The molecule has 0 bridgehead atoms. The van der Waals surface area contributed by atoms with Gasteiger partial charge in [0.25, 0.3) is 5.91 Å². The Morgan fingerprint density at radius 2 is 1.92 bits per heavy atom. The minimum Gasteiger partial charge on any atom is -0.367 e. The van der Waals surface area contributed by atoms with E-state index in [1.807, 2.05) is 21.9 Å². The summed E-state index contributed by atoms with van der Waals surface area (Å²) in [6.07, 6.45) is 9.57. The molecule has 3 aliphatic rings. The topological polar surface area (TPSA) is 65.5 Å². The van der Waals surface area contributed by atoms with Gasteiger partial charge in [-0.15, -0.1) is 0 Å². The number of carbonyl (C=O) groups excluding carboxylic acids is 2. The summed E-state index contributed by atoms with van der Waals surface area (Å²) in [4.78, 5) is 33.5. The number of carbonyl (C=O) groups is 2. The molecule has 4 rings (SSSR count). The summed E-state index contributed by atoms with van der Waals surface area (Å²) in [6.45, 7) is 3.54. The third-order valence-electron chi connectivity index (χ3n) is 6.04. The predicted molar refractivity (Wildman–Crippen MR) is 100.0 cm³/mol. The van der Waals surface area contributed by atoms with Crippen molar-refractivity contribution in [3.05, 3.63) is 23.9 Å². The van der Waals surface area contributed by atoms with Gasteiger partial charge in [-0.25, -0.2) is 4.98 Å². The van der Waals surface area contributed by atoms with E-state index in [1.54, 1.807) is 13.1 Å². The average Bonchev–Trinajstić information content (AvgIpc) is 3.46. The fourth-order valence-electron chi connectivity index (χ4n) is 4.51. The van der Waals surface area contributed by atoms with Crippen LogP contribution in [0.15, 0.2) is 18.3 Å². The van der Waals surface area contributed by atoms with Crippen molar-refractivity contribution in [3.63, 3.8) is 0 Å². The van der Waals surface area contributed by atoms with Crippen LogP contribution in [-0.2, 0) is 4.79 Å². The summed E-state index contributed by atoms with van der Waals surface area (Å²) in [5.41, 5.74) is 0.465. The van der Waals surface area contributed by atoms with E-state index >= 15 is 0 Å². The number of nitrogens with zero attached hydrogens (tertiary/aromatic N) is 3. The summed E-state index contributed by atoms with van der Waals surface area (Å²) < 4.78 is 0. The molecule has 1 aliphatic heterocycles. The van der Waals surface area contributed by atoms with Crippen molar-refractivity contribution in [1.82, 2.24) is 14.8 Å². The molecule has 1 aromatic heterocycles. The maximum Gasteiger partial charge on any atom is 0.255 e. The maximum atomic E-state index is 13.0. The molecule has 0 unspecified atom stereocenters. The summed E-state index contributed by atoms with van der Waals surface area (Å²) in [5.74, 6) is 1.01. The third kappa shape index (κ3) is 3.41. The van der Waals surface area contributed by atoms with Gasteiger partial charge in [0.1, 0.15) is 5.82 Å². The van der Waals surface area contributed by atoms with Crippen LogP contribution in [0, 0.1) is 0 Å². The van der Waals surface area contributed by atoms with Crippen molar-refractivity contribution in [2.45, 2.75) is 63.5 Å². The molecule has 1 saturated heterocycles. The highest BCUT2D eigenvalue weighted by molar-refractivity contribution is 5.94. The van der Waals surface area contributed by atoms with Crippen molar-refractivity contribution in [2.24, 2.45) is 0 Å². The van der Waals surface area contributed by atoms with Crippen LogP contribution in [0.2, 0.25) is 0 Å². The fourth-order valence-corrected chi connectivity index (χ4v) is 4.51. The minimum absolute atomic E-state index is 0.0311. The van der Waals surface area contributed by atoms with E-state index in [-0.39, 0.29) is 17.4 Å². The Hall–Kier alpha value is -2.11. The lowest BCUT2D eigenvalue weighted by Gasteiger charge is -2.52. The minimum atomic E-state index is -0.168. The smallest absolute Gasteiger partial charge is 0.255 e. The highest BCUT2D eigenvalue weighted by Gasteiger charge is 2.44. The molecule has 1 spiro atoms. The van der Waals surface area contributed by atoms with E-state index < -0.39 is 0 Å². The molecular formula is C20H28N4O2. The quantitative estimate of drug-likeness (QED) is 0.904. The van der Waals surface area contributed by atoms with Crippen LogP contribution in [0.4, 0.5) is 5.82 Å². The van der Waals surface area contributed by atoms with E-state index in [2.05, 4.69) is 10.3 Å².